The van der Waals surface area contributed by atoms with Crippen molar-refractivity contribution in [2.24, 2.45) is 5.92 Å². The minimum Gasteiger partial charge on any atom is -0.359 e. The van der Waals surface area contributed by atoms with Crippen molar-refractivity contribution in [2.75, 3.05) is 7.05 Å². The summed E-state index contributed by atoms with van der Waals surface area (Å²) in [4.78, 5) is 11.1. The van der Waals surface area contributed by atoms with Gasteiger partial charge in [-0.15, -0.1) is 0 Å². The lowest BCUT2D eigenvalue weighted by Gasteiger charge is -2.07. The van der Waals surface area contributed by atoms with Gasteiger partial charge < -0.3 is 5.32 Å². The molecule has 0 heterocycles. The Bertz CT molecular complexity index is 298. The number of carbonyl (C=O) groups excluding carboxylic acids is 1. The maximum atomic E-state index is 11.1. The fraction of sp³-hybridized carbons (Fsp3) is 0.857. The van der Waals surface area contributed by atoms with Crippen LogP contribution in [0.1, 0.15) is 19.3 Å². The molecule has 1 aliphatic rings. The molecule has 0 bridgehead atoms. The van der Waals surface area contributed by atoms with E-state index in [0.717, 1.165) is 0 Å². The summed E-state index contributed by atoms with van der Waals surface area (Å²) in [6.07, 6.45) is 1.14. The molecule has 2 N–H and O–H groups in total. The first-order valence-electron chi connectivity index (χ1n) is 4.13. The van der Waals surface area contributed by atoms with Gasteiger partial charge in [-0.3, -0.25) is 9.35 Å². The Hall–Kier alpha value is -0.620. The van der Waals surface area contributed by atoms with Gasteiger partial charge in [-0.05, 0) is 19.3 Å². The smallest absolute Gasteiger partial charge is 0.267 e. The summed E-state index contributed by atoms with van der Waals surface area (Å²) in [5.41, 5.74) is 0. The zero-order valence-electron chi connectivity index (χ0n) is 7.36. The van der Waals surface area contributed by atoms with Gasteiger partial charge in [-0.1, -0.05) is 0 Å². The second kappa shape index (κ2) is 3.63. The second-order valence-corrected chi connectivity index (χ2v) is 4.96. The minimum atomic E-state index is -3.96. The van der Waals surface area contributed by atoms with E-state index in [0.29, 0.717) is 12.8 Å². The van der Waals surface area contributed by atoms with Gasteiger partial charge in [0.05, 0.1) is 5.25 Å². The maximum Gasteiger partial charge on any atom is 0.267 e. The van der Waals surface area contributed by atoms with Gasteiger partial charge in [0, 0.05) is 13.0 Å². The summed E-state index contributed by atoms with van der Waals surface area (Å²) in [6.45, 7) is 0. The van der Waals surface area contributed by atoms with Crippen LogP contribution in [0.3, 0.4) is 0 Å². The number of carbonyl (C=O) groups is 1. The van der Waals surface area contributed by atoms with E-state index in [1.165, 1.54) is 7.05 Å². The lowest BCUT2D eigenvalue weighted by molar-refractivity contribution is -0.124. The molecule has 76 valence electrons. The molecule has 0 unspecified atom stereocenters. The molecule has 0 aliphatic heterocycles. The molecule has 0 aromatic heterocycles. The average molecular weight is 207 g/mol. The predicted octanol–water partition coefficient (Wildman–Crippen LogP) is -0.211. The van der Waals surface area contributed by atoms with Crippen LogP contribution in [0.4, 0.5) is 0 Å². The topological polar surface area (TPSA) is 83.5 Å². The van der Waals surface area contributed by atoms with Crippen LogP contribution < -0.4 is 5.32 Å². The van der Waals surface area contributed by atoms with E-state index in [-0.39, 0.29) is 18.2 Å². The van der Waals surface area contributed by atoms with Crippen LogP contribution in [0.15, 0.2) is 0 Å². The van der Waals surface area contributed by atoms with Gasteiger partial charge in [0.15, 0.2) is 0 Å². The van der Waals surface area contributed by atoms with Crippen molar-refractivity contribution in [3.63, 3.8) is 0 Å². The number of hydrogen-bond donors (Lipinski definition) is 2. The molecule has 1 aliphatic carbocycles. The first-order chi connectivity index (χ1) is 5.95. The molecular weight excluding hydrogens is 194 g/mol. The van der Waals surface area contributed by atoms with Crippen LogP contribution >= 0.6 is 0 Å². The second-order valence-electron chi connectivity index (χ2n) is 3.26. The van der Waals surface area contributed by atoms with Crippen LogP contribution in [-0.2, 0) is 14.9 Å². The van der Waals surface area contributed by atoms with E-state index in [1.54, 1.807) is 0 Å². The van der Waals surface area contributed by atoms with Crippen molar-refractivity contribution in [1.82, 2.24) is 5.32 Å². The summed E-state index contributed by atoms with van der Waals surface area (Å²) in [5.74, 6) is -0.414. The highest BCUT2D eigenvalue weighted by Crippen LogP contribution is 2.29. The lowest BCUT2D eigenvalue weighted by atomic mass is 10.1. The van der Waals surface area contributed by atoms with Crippen LogP contribution in [0.5, 0.6) is 0 Å². The third kappa shape index (κ3) is 2.41. The van der Waals surface area contributed by atoms with Crippen LogP contribution in [0.2, 0.25) is 0 Å². The number of rotatable bonds is 2. The minimum absolute atomic E-state index is 0.147. The van der Waals surface area contributed by atoms with E-state index in [9.17, 15) is 13.2 Å². The normalized spacial score (nSPS) is 28.8. The van der Waals surface area contributed by atoms with Crippen molar-refractivity contribution < 1.29 is 17.8 Å². The van der Waals surface area contributed by atoms with Gasteiger partial charge in [0.1, 0.15) is 0 Å². The molecule has 1 amide bonds. The van der Waals surface area contributed by atoms with Crippen molar-refractivity contribution in [3.8, 4) is 0 Å². The summed E-state index contributed by atoms with van der Waals surface area (Å²) in [7, 11) is -2.44. The molecule has 0 saturated heterocycles. The molecular formula is C7H13NO4S. The van der Waals surface area contributed by atoms with E-state index < -0.39 is 15.4 Å². The molecule has 1 fully saturated rings. The SMILES string of the molecule is CNC(=O)[C@H]1CC[C@@H](S(=O)(=O)O)C1. The summed E-state index contributed by atoms with van der Waals surface area (Å²) in [6, 6.07) is 0. The number of amides is 1. The molecule has 2 atom stereocenters. The van der Waals surface area contributed by atoms with Gasteiger partial charge in [-0.25, -0.2) is 0 Å². The molecule has 5 nitrogen and oxygen atoms in total. The molecule has 1 saturated carbocycles. The van der Waals surface area contributed by atoms with E-state index in [1.807, 2.05) is 0 Å². The lowest BCUT2D eigenvalue weighted by Crippen LogP contribution is -2.26. The predicted molar refractivity (Wildman–Crippen MR) is 46.7 cm³/mol. The first kappa shape index (κ1) is 10.5. The summed E-state index contributed by atoms with van der Waals surface area (Å²) in [5, 5.41) is 1.71. The Morgan fingerprint density at radius 3 is 2.46 bits per heavy atom. The van der Waals surface area contributed by atoms with Crippen molar-refractivity contribution >= 4 is 16.0 Å². The Labute approximate surface area is 77.3 Å². The molecule has 1 rings (SSSR count). The number of hydrogen-bond acceptors (Lipinski definition) is 3. The van der Waals surface area contributed by atoms with E-state index >= 15 is 0 Å². The largest absolute Gasteiger partial charge is 0.359 e. The molecule has 0 aromatic carbocycles. The van der Waals surface area contributed by atoms with Gasteiger partial charge >= 0.3 is 0 Å². The summed E-state index contributed by atoms with van der Waals surface area (Å²) < 4.78 is 30.2. The first-order valence-corrected chi connectivity index (χ1v) is 5.63. The fourth-order valence-corrected chi connectivity index (χ4v) is 2.56. The zero-order chi connectivity index (χ0) is 10.1. The monoisotopic (exact) mass is 207 g/mol. The van der Waals surface area contributed by atoms with Gasteiger partial charge in [0.2, 0.25) is 5.91 Å². The van der Waals surface area contributed by atoms with Crippen molar-refractivity contribution in [3.05, 3.63) is 0 Å². The van der Waals surface area contributed by atoms with Crippen molar-refractivity contribution in [1.29, 1.82) is 0 Å². The third-order valence-electron chi connectivity index (χ3n) is 2.42. The quantitative estimate of drug-likeness (QED) is 0.614. The molecule has 0 spiro atoms. The van der Waals surface area contributed by atoms with E-state index in [4.69, 9.17) is 4.55 Å². The third-order valence-corrected chi connectivity index (χ3v) is 3.69. The van der Waals surface area contributed by atoms with Gasteiger partial charge in [0.25, 0.3) is 10.1 Å². The Balaban J connectivity index is 2.60. The standard InChI is InChI=1S/C7H13NO4S/c1-8-7(9)5-2-3-6(4-5)13(10,11)12/h5-6H,2-4H2,1H3,(H,8,9)(H,10,11,12)/t5-,6+/m0/s1. The van der Waals surface area contributed by atoms with Crippen LogP contribution in [0.25, 0.3) is 0 Å². The molecule has 13 heavy (non-hydrogen) atoms. The molecule has 0 radical (unpaired) electrons. The van der Waals surface area contributed by atoms with Crippen molar-refractivity contribution in [2.45, 2.75) is 24.5 Å². The summed E-state index contributed by atoms with van der Waals surface area (Å²) >= 11 is 0. The Morgan fingerprint density at radius 1 is 1.46 bits per heavy atom. The average Bonchev–Trinajstić information content (AvgIpc) is 2.50. The maximum absolute atomic E-state index is 11.1. The van der Waals surface area contributed by atoms with Gasteiger partial charge in [-0.2, -0.15) is 8.42 Å². The highest BCUT2D eigenvalue weighted by molar-refractivity contribution is 7.86. The Kier molecular flexibility index (Phi) is 2.92. The highest BCUT2D eigenvalue weighted by atomic mass is 32.2. The fourth-order valence-electron chi connectivity index (χ4n) is 1.65. The van der Waals surface area contributed by atoms with Crippen LogP contribution in [0, 0.1) is 5.92 Å². The Morgan fingerprint density at radius 2 is 2.08 bits per heavy atom. The van der Waals surface area contributed by atoms with Crippen LogP contribution in [-0.4, -0.2) is 31.2 Å². The number of nitrogens with one attached hydrogen (secondary N) is 1. The highest BCUT2D eigenvalue weighted by Gasteiger charge is 2.35. The molecule has 0 aromatic rings. The van der Waals surface area contributed by atoms with E-state index in [2.05, 4.69) is 5.32 Å². The molecule has 6 heteroatoms. The zero-order valence-corrected chi connectivity index (χ0v) is 8.17.